The molecule has 4 heteroatoms. The number of ether oxygens (including phenoxy) is 1. The zero-order valence-corrected chi connectivity index (χ0v) is 11.4. The van der Waals surface area contributed by atoms with Crippen molar-refractivity contribution in [3.8, 4) is 5.75 Å². The van der Waals surface area contributed by atoms with Gasteiger partial charge in [-0.05, 0) is 29.8 Å². The van der Waals surface area contributed by atoms with Crippen LogP contribution in [-0.2, 0) is 13.6 Å². The summed E-state index contributed by atoms with van der Waals surface area (Å²) in [6, 6.07) is 11.6. The van der Waals surface area contributed by atoms with Gasteiger partial charge in [-0.15, -0.1) is 0 Å². The molecule has 0 amide bonds. The Bertz CT molecular complexity index is 570. The first kappa shape index (κ1) is 13.2. The number of anilines is 1. The van der Waals surface area contributed by atoms with E-state index in [1.807, 2.05) is 48.0 Å². The van der Waals surface area contributed by atoms with Crippen LogP contribution in [0.3, 0.4) is 0 Å². The quantitative estimate of drug-likeness (QED) is 0.839. The molecular weight excluding hydrogens is 240 g/mol. The lowest BCUT2D eigenvalue weighted by Gasteiger charge is -2.09. The molecular formula is C15H18N2O2. The Morgan fingerprint density at radius 2 is 1.89 bits per heavy atom. The van der Waals surface area contributed by atoms with Crippen LogP contribution in [0.2, 0.25) is 0 Å². The van der Waals surface area contributed by atoms with E-state index in [-0.39, 0.29) is 5.78 Å². The predicted octanol–water partition coefficient (Wildman–Crippen LogP) is 2.85. The first-order chi connectivity index (χ1) is 9.11. The van der Waals surface area contributed by atoms with Gasteiger partial charge in [-0.2, -0.15) is 0 Å². The summed E-state index contributed by atoms with van der Waals surface area (Å²) in [5.41, 5.74) is 1.86. The second-order valence-corrected chi connectivity index (χ2v) is 4.42. The number of methoxy groups -OCH3 is 1. The van der Waals surface area contributed by atoms with E-state index < -0.39 is 0 Å². The third-order valence-corrected chi connectivity index (χ3v) is 3.12. The Morgan fingerprint density at radius 3 is 2.42 bits per heavy atom. The number of nitrogens with one attached hydrogen (secondary N) is 1. The fraction of sp³-hybridized carbons (Fsp3) is 0.267. The van der Waals surface area contributed by atoms with Crippen molar-refractivity contribution in [3.63, 3.8) is 0 Å². The van der Waals surface area contributed by atoms with Crippen LogP contribution in [0.4, 0.5) is 5.82 Å². The van der Waals surface area contributed by atoms with Gasteiger partial charge in [0.15, 0.2) is 5.78 Å². The minimum Gasteiger partial charge on any atom is -0.497 e. The number of hydrogen-bond acceptors (Lipinski definition) is 3. The molecule has 1 aromatic heterocycles. The van der Waals surface area contributed by atoms with Gasteiger partial charge in [0.2, 0.25) is 0 Å². The van der Waals surface area contributed by atoms with Crippen LogP contribution in [0.5, 0.6) is 5.75 Å². The minimum absolute atomic E-state index is 0.0694. The lowest BCUT2D eigenvalue weighted by atomic mass is 10.2. The van der Waals surface area contributed by atoms with Gasteiger partial charge in [-0.25, -0.2) is 0 Å². The molecule has 2 aromatic rings. The Morgan fingerprint density at radius 1 is 1.21 bits per heavy atom. The standard InChI is InChI=1S/C15H18N2O2/c1-11(18)14-8-9-15(17(14)2)16-10-12-4-6-13(19-3)7-5-12/h4-9,16H,10H2,1-3H3. The van der Waals surface area contributed by atoms with Crippen LogP contribution in [0, 0.1) is 0 Å². The SMILES string of the molecule is COc1ccc(CNc2ccc(C(C)=O)n2C)cc1. The molecule has 0 unspecified atom stereocenters. The Kier molecular flexibility index (Phi) is 3.90. The van der Waals surface area contributed by atoms with Gasteiger partial charge in [-0.3, -0.25) is 4.79 Å². The number of nitrogens with zero attached hydrogens (tertiary/aromatic N) is 1. The molecule has 1 aromatic carbocycles. The lowest BCUT2D eigenvalue weighted by molar-refractivity contribution is 0.101. The van der Waals surface area contributed by atoms with Crippen molar-refractivity contribution in [1.29, 1.82) is 0 Å². The number of hydrogen-bond donors (Lipinski definition) is 1. The highest BCUT2D eigenvalue weighted by Gasteiger charge is 2.07. The van der Waals surface area contributed by atoms with Crippen LogP contribution in [0.15, 0.2) is 36.4 Å². The summed E-state index contributed by atoms with van der Waals surface area (Å²) >= 11 is 0. The summed E-state index contributed by atoms with van der Waals surface area (Å²) in [7, 11) is 3.54. The lowest BCUT2D eigenvalue weighted by Crippen LogP contribution is -2.07. The molecule has 0 aliphatic carbocycles. The maximum atomic E-state index is 11.4. The number of ketones is 1. The van der Waals surface area contributed by atoms with Crippen molar-refractivity contribution in [2.45, 2.75) is 13.5 Å². The highest BCUT2D eigenvalue weighted by molar-refractivity contribution is 5.93. The maximum Gasteiger partial charge on any atom is 0.176 e. The molecule has 1 N–H and O–H groups in total. The first-order valence-corrected chi connectivity index (χ1v) is 6.15. The largest absolute Gasteiger partial charge is 0.497 e. The van der Waals surface area contributed by atoms with E-state index in [9.17, 15) is 4.79 Å². The van der Waals surface area contributed by atoms with Gasteiger partial charge in [0, 0.05) is 20.5 Å². The molecule has 0 bridgehead atoms. The molecule has 0 aliphatic heterocycles. The highest BCUT2D eigenvalue weighted by Crippen LogP contribution is 2.16. The van der Waals surface area contributed by atoms with E-state index in [0.717, 1.165) is 17.1 Å². The molecule has 0 radical (unpaired) electrons. The number of aromatic nitrogens is 1. The van der Waals surface area contributed by atoms with Crippen molar-refractivity contribution in [1.82, 2.24) is 4.57 Å². The summed E-state index contributed by atoms with van der Waals surface area (Å²) in [5, 5.41) is 3.31. The number of carbonyl (C=O) groups is 1. The Balaban J connectivity index is 2.03. The van der Waals surface area contributed by atoms with Gasteiger partial charge >= 0.3 is 0 Å². The van der Waals surface area contributed by atoms with Gasteiger partial charge in [0.25, 0.3) is 0 Å². The molecule has 100 valence electrons. The van der Waals surface area contributed by atoms with E-state index >= 15 is 0 Å². The summed E-state index contributed by atoms with van der Waals surface area (Å²) in [6.07, 6.45) is 0. The van der Waals surface area contributed by atoms with Gasteiger partial charge < -0.3 is 14.6 Å². The molecule has 0 fully saturated rings. The number of Topliss-reactive ketones (excluding diaryl/α,β-unsaturated/α-hetero) is 1. The second-order valence-electron chi connectivity index (χ2n) is 4.42. The minimum atomic E-state index is 0.0694. The summed E-state index contributed by atoms with van der Waals surface area (Å²) in [6.45, 7) is 2.28. The van der Waals surface area contributed by atoms with E-state index in [4.69, 9.17) is 4.74 Å². The molecule has 19 heavy (non-hydrogen) atoms. The van der Waals surface area contributed by atoms with Crippen LogP contribution >= 0.6 is 0 Å². The predicted molar refractivity (Wildman–Crippen MR) is 75.7 cm³/mol. The number of benzene rings is 1. The zero-order chi connectivity index (χ0) is 13.8. The smallest absolute Gasteiger partial charge is 0.176 e. The molecule has 0 aliphatic rings. The molecule has 0 atom stereocenters. The highest BCUT2D eigenvalue weighted by atomic mass is 16.5. The van der Waals surface area contributed by atoms with E-state index in [0.29, 0.717) is 12.2 Å². The average molecular weight is 258 g/mol. The van der Waals surface area contributed by atoms with Gasteiger partial charge in [0.1, 0.15) is 11.6 Å². The van der Waals surface area contributed by atoms with Crippen LogP contribution in [0.25, 0.3) is 0 Å². The van der Waals surface area contributed by atoms with Crippen molar-refractivity contribution in [3.05, 3.63) is 47.7 Å². The van der Waals surface area contributed by atoms with Crippen molar-refractivity contribution >= 4 is 11.6 Å². The molecule has 1 heterocycles. The van der Waals surface area contributed by atoms with Gasteiger partial charge in [-0.1, -0.05) is 12.1 Å². The number of rotatable bonds is 5. The third-order valence-electron chi connectivity index (χ3n) is 3.12. The molecule has 4 nitrogen and oxygen atoms in total. The van der Waals surface area contributed by atoms with Crippen molar-refractivity contribution in [2.24, 2.45) is 7.05 Å². The topological polar surface area (TPSA) is 43.3 Å². The molecule has 2 rings (SSSR count). The Labute approximate surface area is 113 Å². The molecule has 0 spiro atoms. The monoisotopic (exact) mass is 258 g/mol. The first-order valence-electron chi connectivity index (χ1n) is 6.15. The fourth-order valence-electron chi connectivity index (χ4n) is 1.98. The Hall–Kier alpha value is -2.23. The second kappa shape index (κ2) is 5.61. The van der Waals surface area contributed by atoms with Gasteiger partial charge in [0.05, 0.1) is 12.8 Å². The summed E-state index contributed by atoms with van der Waals surface area (Å²) < 4.78 is 6.99. The average Bonchev–Trinajstić information content (AvgIpc) is 2.78. The normalized spacial score (nSPS) is 10.3. The summed E-state index contributed by atoms with van der Waals surface area (Å²) in [4.78, 5) is 11.4. The third kappa shape index (κ3) is 2.96. The van der Waals surface area contributed by atoms with Crippen LogP contribution < -0.4 is 10.1 Å². The van der Waals surface area contributed by atoms with Crippen molar-refractivity contribution < 1.29 is 9.53 Å². The molecule has 0 saturated heterocycles. The maximum absolute atomic E-state index is 11.4. The fourth-order valence-corrected chi connectivity index (χ4v) is 1.98. The van der Waals surface area contributed by atoms with E-state index in [2.05, 4.69) is 5.32 Å². The van der Waals surface area contributed by atoms with Crippen LogP contribution in [-0.4, -0.2) is 17.5 Å². The van der Waals surface area contributed by atoms with Crippen LogP contribution in [0.1, 0.15) is 23.0 Å². The van der Waals surface area contributed by atoms with Crippen molar-refractivity contribution in [2.75, 3.05) is 12.4 Å². The van der Waals surface area contributed by atoms with E-state index in [1.54, 1.807) is 14.0 Å². The zero-order valence-electron chi connectivity index (χ0n) is 11.4. The number of carbonyl (C=O) groups excluding carboxylic acids is 1. The summed E-state index contributed by atoms with van der Waals surface area (Å²) in [5.74, 6) is 1.85. The molecule has 0 saturated carbocycles. The van der Waals surface area contributed by atoms with E-state index in [1.165, 1.54) is 0 Å².